The Balaban J connectivity index is 0.000000267. The molecule has 1 saturated heterocycles. The molecule has 0 spiro atoms. The standard InChI is InChI=1S/C16H18N2O2.C6H15O4P/c1-16(2)9-13(18-7-3-4-15(18)19)12-8-11(10-17)5-6-14(12)20-16;7-5-3-1-2-4-6-10-11(8)9/h5-6,8,13H,3-4,7,9H2,1-2H3;7-9H,1-6H2. The minimum absolute atomic E-state index is 0.0250. The predicted molar refractivity (Wildman–Crippen MR) is 117 cm³/mol. The molecule has 2 aliphatic rings. The summed E-state index contributed by atoms with van der Waals surface area (Å²) in [7, 11) is -2.17. The van der Waals surface area contributed by atoms with Crippen LogP contribution in [0.2, 0.25) is 0 Å². The highest BCUT2D eigenvalue weighted by molar-refractivity contribution is 7.39. The zero-order valence-corrected chi connectivity index (χ0v) is 19.2. The summed E-state index contributed by atoms with van der Waals surface area (Å²) >= 11 is 0. The van der Waals surface area contributed by atoms with Gasteiger partial charge >= 0.3 is 8.60 Å². The number of fused-ring (bicyclic) bond motifs is 1. The topological polar surface area (TPSA) is 123 Å². The van der Waals surface area contributed by atoms with Crippen LogP contribution in [-0.4, -0.2) is 51.1 Å². The van der Waals surface area contributed by atoms with Crippen molar-refractivity contribution in [3.05, 3.63) is 29.3 Å². The van der Waals surface area contributed by atoms with E-state index in [1.165, 1.54) is 0 Å². The number of hydrogen-bond acceptors (Lipinski definition) is 7. The van der Waals surface area contributed by atoms with E-state index >= 15 is 0 Å². The first kappa shape index (κ1) is 25.5. The summed E-state index contributed by atoms with van der Waals surface area (Å²) in [6.07, 6.45) is 5.88. The lowest BCUT2D eigenvalue weighted by Crippen LogP contribution is -2.42. The van der Waals surface area contributed by atoms with E-state index in [1.54, 1.807) is 6.07 Å². The summed E-state index contributed by atoms with van der Waals surface area (Å²) in [5, 5.41) is 17.5. The number of unbranched alkanes of at least 4 members (excludes halogenated alkanes) is 3. The van der Waals surface area contributed by atoms with E-state index in [4.69, 9.17) is 24.9 Å². The van der Waals surface area contributed by atoms with Crippen molar-refractivity contribution in [3.63, 3.8) is 0 Å². The molecule has 1 aromatic carbocycles. The molecular weight excluding hydrogens is 419 g/mol. The SMILES string of the molecule is CC1(C)CC(N2CCCC2=O)c2cc(C#N)ccc2O1.OCCCCCCOP(O)O. The Hall–Kier alpha value is -1.75. The average Bonchev–Trinajstić information content (AvgIpc) is 3.15. The maximum absolute atomic E-state index is 12.1. The van der Waals surface area contributed by atoms with E-state index < -0.39 is 8.60 Å². The fraction of sp³-hybridized carbons (Fsp3) is 0.636. The zero-order chi connectivity index (χ0) is 22.9. The molecule has 1 amide bonds. The lowest BCUT2D eigenvalue weighted by molar-refractivity contribution is -0.131. The number of rotatable bonds is 8. The number of nitriles is 1. The number of aliphatic hydroxyl groups excluding tert-OH is 1. The molecule has 0 aromatic heterocycles. The highest BCUT2D eigenvalue weighted by atomic mass is 31.2. The van der Waals surface area contributed by atoms with Crippen LogP contribution in [-0.2, 0) is 9.32 Å². The molecule has 0 radical (unpaired) electrons. The van der Waals surface area contributed by atoms with Crippen LogP contribution in [0.1, 0.15) is 76.0 Å². The van der Waals surface area contributed by atoms with E-state index in [1.807, 2.05) is 30.9 Å². The van der Waals surface area contributed by atoms with Gasteiger partial charge in [0.2, 0.25) is 5.91 Å². The van der Waals surface area contributed by atoms with Crippen LogP contribution in [0.4, 0.5) is 0 Å². The number of ether oxygens (including phenoxy) is 1. The smallest absolute Gasteiger partial charge is 0.327 e. The molecule has 1 atom stereocenters. The second-order valence-corrected chi connectivity index (χ2v) is 9.12. The van der Waals surface area contributed by atoms with Crippen LogP contribution in [0, 0.1) is 11.3 Å². The van der Waals surface area contributed by atoms with Crippen molar-refractivity contribution in [1.29, 1.82) is 5.26 Å². The third-order valence-corrected chi connectivity index (χ3v) is 5.73. The van der Waals surface area contributed by atoms with Gasteiger partial charge in [0.25, 0.3) is 0 Å². The normalized spacial score (nSPS) is 19.3. The van der Waals surface area contributed by atoms with Crippen LogP contribution < -0.4 is 4.74 Å². The van der Waals surface area contributed by atoms with Gasteiger partial charge in [-0.25, -0.2) is 0 Å². The molecule has 1 fully saturated rings. The van der Waals surface area contributed by atoms with Crippen molar-refractivity contribution in [3.8, 4) is 11.8 Å². The minimum atomic E-state index is -2.17. The summed E-state index contributed by atoms with van der Waals surface area (Å²) in [6, 6.07) is 7.66. The number of nitrogens with zero attached hydrogens (tertiary/aromatic N) is 2. The van der Waals surface area contributed by atoms with E-state index in [0.29, 0.717) is 18.6 Å². The Morgan fingerprint density at radius 3 is 2.65 bits per heavy atom. The van der Waals surface area contributed by atoms with Crippen molar-refractivity contribution < 1.29 is 28.9 Å². The third kappa shape index (κ3) is 8.03. The lowest BCUT2D eigenvalue weighted by Gasteiger charge is -2.41. The number of hydrogen-bond donors (Lipinski definition) is 3. The molecule has 0 aliphatic carbocycles. The monoisotopic (exact) mass is 452 g/mol. The fourth-order valence-electron chi connectivity index (χ4n) is 3.88. The molecule has 8 nitrogen and oxygen atoms in total. The van der Waals surface area contributed by atoms with Crippen molar-refractivity contribution in [2.24, 2.45) is 0 Å². The molecule has 1 unspecified atom stereocenters. The highest BCUT2D eigenvalue weighted by Crippen LogP contribution is 2.44. The predicted octanol–water partition coefficient (Wildman–Crippen LogP) is 3.55. The Kier molecular flexibility index (Phi) is 10.1. The quantitative estimate of drug-likeness (QED) is 0.407. The van der Waals surface area contributed by atoms with E-state index in [9.17, 15) is 4.79 Å². The van der Waals surface area contributed by atoms with Gasteiger partial charge in [0.05, 0.1) is 24.3 Å². The lowest BCUT2D eigenvalue weighted by atomic mass is 9.88. The van der Waals surface area contributed by atoms with Crippen LogP contribution in [0.3, 0.4) is 0 Å². The molecule has 172 valence electrons. The molecule has 3 N–H and O–H groups in total. The van der Waals surface area contributed by atoms with Gasteiger partial charge in [0.1, 0.15) is 11.4 Å². The summed E-state index contributed by atoms with van der Waals surface area (Å²) < 4.78 is 10.5. The number of likely N-dealkylation sites (tertiary alicyclic amines) is 1. The molecule has 9 heteroatoms. The van der Waals surface area contributed by atoms with Gasteiger partial charge < -0.3 is 29.1 Å². The molecule has 2 aliphatic heterocycles. The highest BCUT2D eigenvalue weighted by Gasteiger charge is 2.39. The molecule has 31 heavy (non-hydrogen) atoms. The molecule has 1 aromatic rings. The van der Waals surface area contributed by atoms with Gasteiger partial charge in [-0.15, -0.1) is 0 Å². The fourth-order valence-corrected chi connectivity index (χ4v) is 4.17. The Morgan fingerprint density at radius 1 is 1.29 bits per heavy atom. The molecular formula is C22H33N2O6P. The largest absolute Gasteiger partial charge is 0.487 e. The molecule has 2 heterocycles. The van der Waals surface area contributed by atoms with Crippen LogP contribution in [0.25, 0.3) is 0 Å². The van der Waals surface area contributed by atoms with Gasteiger partial charge in [-0.3, -0.25) is 4.79 Å². The van der Waals surface area contributed by atoms with Gasteiger partial charge in [-0.05, 0) is 51.3 Å². The average molecular weight is 452 g/mol. The third-order valence-electron chi connectivity index (χ3n) is 5.31. The second kappa shape index (κ2) is 12.3. The second-order valence-electron chi connectivity index (χ2n) is 8.36. The number of carbonyl (C=O) groups is 1. The maximum atomic E-state index is 12.1. The summed E-state index contributed by atoms with van der Waals surface area (Å²) in [4.78, 5) is 30.6. The molecule has 0 saturated carbocycles. The number of amides is 1. The minimum Gasteiger partial charge on any atom is -0.487 e. The van der Waals surface area contributed by atoms with Gasteiger partial charge in [-0.1, -0.05) is 12.8 Å². The first-order chi connectivity index (χ1) is 14.8. The Morgan fingerprint density at radius 2 is 2.03 bits per heavy atom. The first-order valence-corrected chi connectivity index (χ1v) is 11.9. The first-order valence-electron chi connectivity index (χ1n) is 10.7. The van der Waals surface area contributed by atoms with Crippen molar-refractivity contribution in [2.75, 3.05) is 19.8 Å². The van der Waals surface area contributed by atoms with E-state index in [2.05, 4.69) is 10.6 Å². The molecule has 3 rings (SSSR count). The van der Waals surface area contributed by atoms with Crippen molar-refractivity contribution in [1.82, 2.24) is 4.90 Å². The summed E-state index contributed by atoms with van der Waals surface area (Å²) in [6.45, 7) is 5.51. The Labute approximate surface area is 185 Å². The van der Waals surface area contributed by atoms with Crippen molar-refractivity contribution in [2.45, 2.75) is 70.4 Å². The van der Waals surface area contributed by atoms with Gasteiger partial charge in [-0.2, -0.15) is 5.26 Å². The van der Waals surface area contributed by atoms with Gasteiger partial charge in [0.15, 0.2) is 0 Å². The number of benzene rings is 1. The zero-order valence-electron chi connectivity index (χ0n) is 18.3. The number of aliphatic hydroxyl groups is 1. The number of carbonyl (C=O) groups excluding carboxylic acids is 1. The molecule has 0 bridgehead atoms. The van der Waals surface area contributed by atoms with Crippen molar-refractivity contribution >= 4 is 14.5 Å². The van der Waals surface area contributed by atoms with Crippen LogP contribution in [0.15, 0.2) is 18.2 Å². The van der Waals surface area contributed by atoms with Crippen LogP contribution >= 0.6 is 8.60 Å². The maximum Gasteiger partial charge on any atom is 0.327 e. The Bertz CT molecular complexity index is 765. The summed E-state index contributed by atoms with van der Waals surface area (Å²) in [5.41, 5.74) is 1.29. The van der Waals surface area contributed by atoms with E-state index in [-0.39, 0.29) is 24.2 Å². The summed E-state index contributed by atoms with van der Waals surface area (Å²) in [5.74, 6) is 1.01. The van der Waals surface area contributed by atoms with Gasteiger partial charge in [0, 0.05) is 31.6 Å². The van der Waals surface area contributed by atoms with E-state index in [0.717, 1.165) is 56.4 Å². The van der Waals surface area contributed by atoms with Crippen LogP contribution in [0.5, 0.6) is 5.75 Å².